The Bertz CT molecular complexity index is 1840. The van der Waals surface area contributed by atoms with E-state index in [0.29, 0.717) is 17.2 Å². The van der Waals surface area contributed by atoms with Crippen molar-refractivity contribution in [3.05, 3.63) is 130 Å². The van der Waals surface area contributed by atoms with Gasteiger partial charge in [-0.3, -0.25) is 19.4 Å². The summed E-state index contributed by atoms with van der Waals surface area (Å²) in [6.45, 7) is 7.99. The quantitative estimate of drug-likeness (QED) is 0.180. The van der Waals surface area contributed by atoms with Gasteiger partial charge in [-0.1, -0.05) is 79.7 Å². The first-order chi connectivity index (χ1) is 24.9. The normalized spacial score (nSPS) is 25.5. The summed E-state index contributed by atoms with van der Waals surface area (Å²) in [6.07, 6.45) is 4.31. The van der Waals surface area contributed by atoms with E-state index in [2.05, 4.69) is 59.2 Å². The molecule has 0 spiro atoms. The number of carbonyl (C=O) groups excluding carboxylic acids is 2. The van der Waals surface area contributed by atoms with Crippen molar-refractivity contribution in [1.82, 2.24) is 14.7 Å². The van der Waals surface area contributed by atoms with Crippen molar-refractivity contribution in [2.75, 3.05) is 32.7 Å². The summed E-state index contributed by atoms with van der Waals surface area (Å²) in [7, 11) is 0. The van der Waals surface area contributed by atoms with Gasteiger partial charge >= 0.3 is 0 Å². The van der Waals surface area contributed by atoms with Gasteiger partial charge in [-0.2, -0.15) is 0 Å². The molecule has 51 heavy (non-hydrogen) atoms. The second kappa shape index (κ2) is 14.8. The molecule has 3 saturated heterocycles. The lowest BCUT2D eigenvalue weighted by Crippen LogP contribution is -2.48. The third-order valence-corrected chi connectivity index (χ3v) is 11.3. The Labute approximate surface area is 300 Å². The number of amides is 2. The van der Waals surface area contributed by atoms with Crippen LogP contribution < -0.4 is 0 Å². The van der Waals surface area contributed by atoms with Crippen LogP contribution in [0.2, 0.25) is 0 Å². The molecular formula is C43H47N3O5. The number of ether oxygens (including phenoxy) is 2. The first-order valence-electron chi connectivity index (χ1n) is 18.6. The maximum atomic E-state index is 13.1. The van der Waals surface area contributed by atoms with Crippen molar-refractivity contribution in [1.29, 1.82) is 0 Å². The van der Waals surface area contributed by atoms with Crippen LogP contribution in [0.1, 0.15) is 88.0 Å². The van der Waals surface area contributed by atoms with Crippen LogP contribution in [-0.4, -0.2) is 76.5 Å². The standard InChI is InChI=1S/C43H47N3O5/c1-29-39(27-45-22-8-13-36(45)26-44-20-4-5-21-44)50-43(51-40(29)32-18-16-30(28-47)17-19-32)35-12-7-11-34(24-35)33-10-6-9-31(23-33)25-46-41(48)37-14-2-3-15-38(37)42(46)49/h2-3,6-7,9-12,14-19,23-24,29,36,39-40,43,47H,4-5,8,13,20-22,25-28H2,1H3/t29-,36-,39+,40+,43+/m0/s1. The maximum Gasteiger partial charge on any atom is 0.261 e. The Morgan fingerprint density at radius 3 is 2.14 bits per heavy atom. The van der Waals surface area contributed by atoms with Crippen LogP contribution in [0.3, 0.4) is 0 Å². The van der Waals surface area contributed by atoms with Gasteiger partial charge in [-0.05, 0) is 97.4 Å². The number of likely N-dealkylation sites (tertiary alicyclic amines) is 2. The van der Waals surface area contributed by atoms with E-state index in [1.165, 1.54) is 43.7 Å². The van der Waals surface area contributed by atoms with Crippen LogP contribution >= 0.6 is 0 Å². The van der Waals surface area contributed by atoms with Crippen molar-refractivity contribution in [3.8, 4) is 11.1 Å². The van der Waals surface area contributed by atoms with E-state index < -0.39 is 6.29 Å². The molecule has 8 nitrogen and oxygen atoms in total. The number of nitrogens with zero attached hydrogens (tertiary/aromatic N) is 3. The summed E-state index contributed by atoms with van der Waals surface area (Å²) in [5.74, 6) is -0.387. The third-order valence-electron chi connectivity index (χ3n) is 11.3. The predicted octanol–water partition coefficient (Wildman–Crippen LogP) is 6.99. The molecule has 0 unspecified atom stereocenters. The van der Waals surface area contributed by atoms with Gasteiger partial charge < -0.3 is 19.5 Å². The van der Waals surface area contributed by atoms with Crippen molar-refractivity contribution < 1.29 is 24.2 Å². The minimum absolute atomic E-state index is 0.00930. The molecule has 264 valence electrons. The minimum Gasteiger partial charge on any atom is -0.392 e. The topological polar surface area (TPSA) is 82.6 Å². The number of aliphatic hydroxyl groups is 1. The molecule has 4 aliphatic rings. The van der Waals surface area contributed by atoms with Crippen molar-refractivity contribution in [2.24, 2.45) is 5.92 Å². The fourth-order valence-electron chi connectivity index (χ4n) is 8.44. The molecule has 3 fully saturated rings. The van der Waals surface area contributed by atoms with Crippen LogP contribution in [0.5, 0.6) is 0 Å². The number of rotatable bonds is 10. The summed E-state index contributed by atoms with van der Waals surface area (Å²) >= 11 is 0. The highest BCUT2D eigenvalue weighted by atomic mass is 16.7. The lowest BCUT2D eigenvalue weighted by molar-refractivity contribution is -0.276. The molecule has 2 amide bonds. The number of aliphatic hydroxyl groups excluding tert-OH is 1. The maximum absolute atomic E-state index is 13.1. The zero-order valence-corrected chi connectivity index (χ0v) is 29.3. The Morgan fingerprint density at radius 1 is 0.706 bits per heavy atom. The molecule has 0 aromatic heterocycles. The molecule has 8 rings (SSSR count). The third kappa shape index (κ3) is 7.04. The van der Waals surface area contributed by atoms with Gasteiger partial charge in [0.1, 0.15) is 0 Å². The largest absolute Gasteiger partial charge is 0.392 e. The minimum atomic E-state index is -0.560. The number of hydrogen-bond donors (Lipinski definition) is 1. The number of benzene rings is 4. The molecule has 4 aromatic rings. The van der Waals surface area contributed by atoms with Gasteiger partial charge in [0.15, 0.2) is 6.29 Å². The zero-order chi connectivity index (χ0) is 34.9. The molecule has 0 radical (unpaired) electrons. The van der Waals surface area contributed by atoms with Gasteiger partial charge in [0, 0.05) is 30.6 Å². The van der Waals surface area contributed by atoms with Crippen molar-refractivity contribution in [3.63, 3.8) is 0 Å². The van der Waals surface area contributed by atoms with Crippen LogP contribution in [0.15, 0.2) is 97.1 Å². The van der Waals surface area contributed by atoms with E-state index in [1.807, 2.05) is 30.3 Å². The van der Waals surface area contributed by atoms with E-state index in [1.54, 1.807) is 24.3 Å². The SMILES string of the molecule is C[C@H]1[C@@H](CN2CCC[C@H]2CN2CCCC2)O[C@@H](c2cccc(-c3cccc(CN4C(=O)c5ccccc5C4=O)c3)c2)O[C@H]1c1ccc(CO)cc1. The van der Waals surface area contributed by atoms with Crippen molar-refractivity contribution >= 4 is 11.8 Å². The Hall–Kier alpha value is -4.18. The van der Waals surface area contributed by atoms with Crippen LogP contribution in [-0.2, 0) is 22.6 Å². The highest BCUT2D eigenvalue weighted by Gasteiger charge is 2.41. The fourth-order valence-corrected chi connectivity index (χ4v) is 8.44. The van der Waals surface area contributed by atoms with Crippen LogP contribution in [0, 0.1) is 5.92 Å². The monoisotopic (exact) mass is 685 g/mol. The second-order valence-electron chi connectivity index (χ2n) is 14.7. The molecular weight excluding hydrogens is 638 g/mol. The van der Waals surface area contributed by atoms with Gasteiger partial charge in [0.2, 0.25) is 0 Å². The first kappa shape index (κ1) is 33.9. The Kier molecular flexibility index (Phi) is 9.86. The molecule has 0 bridgehead atoms. The number of carbonyl (C=O) groups is 2. The Balaban J connectivity index is 1.04. The van der Waals surface area contributed by atoms with Gasteiger partial charge in [0.05, 0.1) is 36.5 Å². The molecule has 0 saturated carbocycles. The van der Waals surface area contributed by atoms with Crippen molar-refractivity contribution in [2.45, 2.75) is 70.3 Å². The number of hydrogen-bond acceptors (Lipinski definition) is 7. The highest BCUT2D eigenvalue weighted by Crippen LogP contribution is 2.43. The second-order valence-corrected chi connectivity index (χ2v) is 14.7. The number of fused-ring (bicyclic) bond motifs is 1. The van der Waals surface area contributed by atoms with E-state index in [0.717, 1.165) is 53.0 Å². The van der Waals surface area contributed by atoms with Gasteiger partial charge in [-0.15, -0.1) is 0 Å². The Morgan fingerprint density at radius 2 is 1.41 bits per heavy atom. The molecule has 0 aliphatic carbocycles. The summed E-state index contributed by atoms with van der Waals surface area (Å²) in [4.78, 5) is 32.7. The summed E-state index contributed by atoms with van der Waals surface area (Å²) in [5, 5.41) is 9.69. The molecule has 5 atom stereocenters. The molecule has 4 aliphatic heterocycles. The lowest BCUT2D eigenvalue weighted by atomic mass is 9.89. The zero-order valence-electron chi connectivity index (χ0n) is 29.3. The molecule has 4 heterocycles. The smallest absolute Gasteiger partial charge is 0.261 e. The predicted molar refractivity (Wildman–Crippen MR) is 196 cm³/mol. The first-order valence-corrected chi connectivity index (χ1v) is 18.6. The van der Waals surface area contributed by atoms with Crippen LogP contribution in [0.25, 0.3) is 11.1 Å². The summed E-state index contributed by atoms with van der Waals surface area (Å²) < 4.78 is 13.8. The summed E-state index contributed by atoms with van der Waals surface area (Å²) in [6, 6.07) is 32.0. The molecule has 4 aromatic carbocycles. The fraction of sp³-hybridized carbons (Fsp3) is 0.395. The highest BCUT2D eigenvalue weighted by molar-refractivity contribution is 6.21. The van der Waals surface area contributed by atoms with Crippen LogP contribution in [0.4, 0.5) is 0 Å². The van der Waals surface area contributed by atoms with E-state index in [4.69, 9.17) is 9.47 Å². The van der Waals surface area contributed by atoms with Gasteiger partial charge in [-0.25, -0.2) is 0 Å². The summed E-state index contributed by atoms with van der Waals surface area (Å²) in [5.41, 5.74) is 6.71. The van der Waals surface area contributed by atoms with Gasteiger partial charge in [0.25, 0.3) is 11.8 Å². The average molecular weight is 686 g/mol. The van der Waals surface area contributed by atoms with E-state index in [-0.39, 0.29) is 43.1 Å². The molecule has 8 heteroatoms. The molecule has 1 N–H and O–H groups in total. The lowest BCUT2D eigenvalue weighted by Gasteiger charge is -2.43. The van der Waals surface area contributed by atoms with E-state index in [9.17, 15) is 14.7 Å². The average Bonchev–Trinajstić information content (AvgIpc) is 3.91. The van der Waals surface area contributed by atoms with E-state index >= 15 is 0 Å². The number of imide groups is 1.